The van der Waals surface area contributed by atoms with Crippen molar-refractivity contribution in [2.24, 2.45) is 5.92 Å². The third-order valence-corrected chi connectivity index (χ3v) is 3.92. The van der Waals surface area contributed by atoms with Crippen molar-refractivity contribution in [1.29, 1.82) is 0 Å². The van der Waals surface area contributed by atoms with Crippen LogP contribution in [0.2, 0.25) is 0 Å². The van der Waals surface area contributed by atoms with E-state index in [4.69, 9.17) is 4.52 Å². The summed E-state index contributed by atoms with van der Waals surface area (Å²) in [5.41, 5.74) is 1.17. The molecule has 0 aliphatic heterocycles. The fraction of sp³-hybridized carbons (Fsp3) is 0.500. The van der Waals surface area contributed by atoms with Crippen molar-refractivity contribution in [3.05, 3.63) is 46.0 Å². The van der Waals surface area contributed by atoms with Gasteiger partial charge in [0.1, 0.15) is 0 Å². The molecule has 114 valence electrons. The van der Waals surface area contributed by atoms with E-state index in [9.17, 15) is 0 Å². The number of nitrogens with zero attached hydrogens (tertiary/aromatic N) is 2. The Hall–Kier alpha value is -1.20. The summed E-state index contributed by atoms with van der Waals surface area (Å²) < 4.78 is 6.45. The van der Waals surface area contributed by atoms with Gasteiger partial charge in [-0.3, -0.25) is 0 Å². The van der Waals surface area contributed by atoms with E-state index in [1.807, 2.05) is 12.1 Å². The molecule has 1 unspecified atom stereocenters. The molecule has 1 aromatic heterocycles. The molecule has 0 radical (unpaired) electrons. The van der Waals surface area contributed by atoms with Gasteiger partial charge in [-0.05, 0) is 30.2 Å². The average molecular weight is 352 g/mol. The lowest BCUT2D eigenvalue weighted by Crippen LogP contribution is -2.35. The fourth-order valence-corrected chi connectivity index (χ4v) is 2.71. The van der Waals surface area contributed by atoms with E-state index in [0.29, 0.717) is 24.3 Å². The highest BCUT2D eigenvalue weighted by atomic mass is 79.9. The zero-order valence-corrected chi connectivity index (χ0v) is 14.4. The van der Waals surface area contributed by atoms with Gasteiger partial charge in [-0.1, -0.05) is 54.0 Å². The van der Waals surface area contributed by atoms with Gasteiger partial charge in [-0.15, -0.1) is 0 Å². The first-order valence-electron chi connectivity index (χ1n) is 7.37. The maximum Gasteiger partial charge on any atom is 0.228 e. The zero-order valence-electron chi connectivity index (χ0n) is 12.8. The van der Waals surface area contributed by atoms with Crippen LogP contribution < -0.4 is 5.32 Å². The van der Waals surface area contributed by atoms with Crippen LogP contribution in [-0.4, -0.2) is 22.7 Å². The Labute approximate surface area is 134 Å². The topological polar surface area (TPSA) is 51.0 Å². The summed E-state index contributed by atoms with van der Waals surface area (Å²) in [5, 5.41) is 7.55. The van der Waals surface area contributed by atoms with E-state index >= 15 is 0 Å². The number of nitrogens with one attached hydrogen (secondary N) is 1. The summed E-state index contributed by atoms with van der Waals surface area (Å²) in [6.07, 6.45) is 1.47. The Kier molecular flexibility index (Phi) is 5.94. The Morgan fingerprint density at radius 2 is 2.14 bits per heavy atom. The second-order valence-corrected chi connectivity index (χ2v) is 6.44. The largest absolute Gasteiger partial charge is 0.339 e. The van der Waals surface area contributed by atoms with E-state index in [-0.39, 0.29) is 0 Å². The molecule has 0 aliphatic carbocycles. The van der Waals surface area contributed by atoms with Crippen molar-refractivity contribution >= 4 is 15.9 Å². The van der Waals surface area contributed by atoms with Gasteiger partial charge in [-0.25, -0.2) is 0 Å². The molecule has 2 aromatic rings. The molecule has 5 heteroatoms. The van der Waals surface area contributed by atoms with Gasteiger partial charge in [0.2, 0.25) is 5.89 Å². The predicted molar refractivity (Wildman–Crippen MR) is 87.3 cm³/mol. The standard InChI is InChI=1S/C16H22BrN3O/c1-4-18-14(11(2)3)10-16-19-15(20-21-16)9-12-6-5-7-13(17)8-12/h5-8,11,14,18H,4,9-10H2,1-3H3. The lowest BCUT2D eigenvalue weighted by Gasteiger charge is -2.19. The van der Waals surface area contributed by atoms with Crippen LogP contribution in [0.4, 0.5) is 0 Å². The molecule has 1 atom stereocenters. The Bertz CT molecular complexity index is 568. The molecular formula is C16H22BrN3O. The van der Waals surface area contributed by atoms with Gasteiger partial charge < -0.3 is 9.84 Å². The first-order valence-corrected chi connectivity index (χ1v) is 8.17. The first-order chi connectivity index (χ1) is 10.1. The van der Waals surface area contributed by atoms with Crippen LogP contribution in [0.25, 0.3) is 0 Å². The molecule has 0 bridgehead atoms. The summed E-state index contributed by atoms with van der Waals surface area (Å²) in [6.45, 7) is 7.46. The number of rotatable bonds is 7. The monoisotopic (exact) mass is 351 g/mol. The van der Waals surface area contributed by atoms with E-state index in [2.05, 4.69) is 64.3 Å². The van der Waals surface area contributed by atoms with Gasteiger partial charge in [0, 0.05) is 23.4 Å². The normalized spacial score (nSPS) is 12.8. The predicted octanol–water partition coefficient (Wildman–Crippen LogP) is 3.60. The van der Waals surface area contributed by atoms with Crippen molar-refractivity contribution < 1.29 is 4.52 Å². The third kappa shape index (κ3) is 4.93. The molecule has 1 heterocycles. The van der Waals surface area contributed by atoms with E-state index < -0.39 is 0 Å². The van der Waals surface area contributed by atoms with Crippen LogP contribution in [0.5, 0.6) is 0 Å². The summed E-state index contributed by atoms with van der Waals surface area (Å²) in [6, 6.07) is 8.53. The van der Waals surface area contributed by atoms with Crippen LogP contribution >= 0.6 is 15.9 Å². The Morgan fingerprint density at radius 3 is 2.81 bits per heavy atom. The number of halogens is 1. The summed E-state index contributed by atoms with van der Waals surface area (Å²) >= 11 is 3.47. The summed E-state index contributed by atoms with van der Waals surface area (Å²) in [7, 11) is 0. The van der Waals surface area contributed by atoms with Crippen LogP contribution in [-0.2, 0) is 12.8 Å². The maximum atomic E-state index is 5.38. The molecule has 0 fully saturated rings. The van der Waals surface area contributed by atoms with Crippen LogP contribution in [0.15, 0.2) is 33.3 Å². The van der Waals surface area contributed by atoms with Crippen LogP contribution in [0.3, 0.4) is 0 Å². The minimum atomic E-state index is 0.370. The maximum absolute atomic E-state index is 5.38. The third-order valence-electron chi connectivity index (χ3n) is 3.43. The lowest BCUT2D eigenvalue weighted by atomic mass is 10.0. The lowest BCUT2D eigenvalue weighted by molar-refractivity contribution is 0.327. The second kappa shape index (κ2) is 7.71. The van der Waals surface area contributed by atoms with Crippen molar-refractivity contribution in [2.75, 3.05) is 6.54 Å². The minimum Gasteiger partial charge on any atom is -0.339 e. The number of hydrogen-bond acceptors (Lipinski definition) is 4. The SMILES string of the molecule is CCNC(Cc1nc(Cc2cccc(Br)c2)no1)C(C)C. The Morgan fingerprint density at radius 1 is 1.33 bits per heavy atom. The zero-order chi connectivity index (χ0) is 15.2. The molecular weight excluding hydrogens is 330 g/mol. The van der Waals surface area contributed by atoms with Crippen molar-refractivity contribution in [1.82, 2.24) is 15.5 Å². The van der Waals surface area contributed by atoms with Gasteiger partial charge in [0.15, 0.2) is 5.82 Å². The van der Waals surface area contributed by atoms with Crippen molar-refractivity contribution in [2.45, 2.75) is 39.7 Å². The molecule has 0 saturated carbocycles. The highest BCUT2D eigenvalue weighted by molar-refractivity contribution is 9.10. The molecule has 4 nitrogen and oxygen atoms in total. The minimum absolute atomic E-state index is 0.370. The smallest absolute Gasteiger partial charge is 0.228 e. The van der Waals surface area contributed by atoms with Crippen LogP contribution in [0, 0.1) is 5.92 Å². The average Bonchev–Trinajstić information content (AvgIpc) is 2.85. The summed E-state index contributed by atoms with van der Waals surface area (Å²) in [4.78, 5) is 4.51. The number of likely N-dealkylation sites (N-methyl/N-ethyl adjacent to an activating group) is 1. The Balaban J connectivity index is 2.00. The summed E-state index contributed by atoms with van der Waals surface area (Å²) in [5.74, 6) is 1.98. The molecule has 0 amide bonds. The second-order valence-electron chi connectivity index (χ2n) is 5.52. The van der Waals surface area contributed by atoms with E-state index in [0.717, 1.165) is 23.3 Å². The van der Waals surface area contributed by atoms with Gasteiger partial charge in [0.25, 0.3) is 0 Å². The first kappa shape index (κ1) is 16.2. The number of hydrogen-bond donors (Lipinski definition) is 1. The highest BCUT2D eigenvalue weighted by Gasteiger charge is 2.17. The van der Waals surface area contributed by atoms with Crippen LogP contribution in [0.1, 0.15) is 38.0 Å². The van der Waals surface area contributed by atoms with E-state index in [1.165, 1.54) is 5.56 Å². The van der Waals surface area contributed by atoms with Crippen molar-refractivity contribution in [3.8, 4) is 0 Å². The molecule has 1 N–H and O–H groups in total. The number of aromatic nitrogens is 2. The molecule has 21 heavy (non-hydrogen) atoms. The van der Waals surface area contributed by atoms with E-state index in [1.54, 1.807) is 0 Å². The quantitative estimate of drug-likeness (QED) is 0.827. The molecule has 0 aliphatic rings. The van der Waals surface area contributed by atoms with Gasteiger partial charge >= 0.3 is 0 Å². The molecule has 1 aromatic carbocycles. The van der Waals surface area contributed by atoms with Gasteiger partial charge in [0.05, 0.1) is 0 Å². The number of benzene rings is 1. The molecule has 0 saturated heterocycles. The van der Waals surface area contributed by atoms with Crippen molar-refractivity contribution in [3.63, 3.8) is 0 Å². The van der Waals surface area contributed by atoms with Gasteiger partial charge in [-0.2, -0.15) is 4.98 Å². The highest BCUT2D eigenvalue weighted by Crippen LogP contribution is 2.15. The molecule has 0 spiro atoms. The fourth-order valence-electron chi connectivity index (χ4n) is 2.27. The molecule has 2 rings (SSSR count).